The van der Waals surface area contributed by atoms with Gasteiger partial charge in [0.15, 0.2) is 10.1 Å². The van der Waals surface area contributed by atoms with Crippen molar-refractivity contribution in [1.29, 1.82) is 0 Å². The average Bonchev–Trinajstić information content (AvgIpc) is 2.18. The first-order valence-electron chi connectivity index (χ1n) is 4.52. The van der Waals surface area contributed by atoms with Crippen molar-refractivity contribution in [3.05, 3.63) is 35.9 Å². The standard InChI is InChI=1S/C11H10Cl2O/c1-7-9(11(12,13)10(7)14)8-5-3-2-4-6-8/h2-7,9H,1H3. The molecule has 0 spiro atoms. The lowest BCUT2D eigenvalue weighted by Crippen LogP contribution is -2.53. The Bertz CT molecular complexity index is 359. The van der Waals surface area contributed by atoms with Crippen molar-refractivity contribution in [1.82, 2.24) is 0 Å². The number of alkyl halides is 2. The molecule has 1 saturated carbocycles. The average molecular weight is 229 g/mol. The maximum Gasteiger partial charge on any atom is 0.183 e. The molecule has 2 unspecified atom stereocenters. The van der Waals surface area contributed by atoms with Gasteiger partial charge in [-0.25, -0.2) is 0 Å². The zero-order chi connectivity index (χ0) is 10.3. The zero-order valence-corrected chi connectivity index (χ0v) is 9.22. The molecule has 0 bridgehead atoms. The van der Waals surface area contributed by atoms with E-state index in [4.69, 9.17) is 23.2 Å². The van der Waals surface area contributed by atoms with E-state index in [1.54, 1.807) is 0 Å². The highest BCUT2D eigenvalue weighted by Gasteiger charge is 2.58. The molecule has 1 aliphatic rings. The van der Waals surface area contributed by atoms with Gasteiger partial charge in [-0.05, 0) is 5.56 Å². The fraction of sp³-hybridized carbons (Fsp3) is 0.364. The number of carbonyl (C=O) groups excluding carboxylic acids is 1. The van der Waals surface area contributed by atoms with E-state index in [1.165, 1.54) is 0 Å². The highest BCUT2D eigenvalue weighted by atomic mass is 35.5. The highest BCUT2D eigenvalue weighted by Crippen LogP contribution is 2.54. The third kappa shape index (κ3) is 1.27. The van der Waals surface area contributed by atoms with Crippen LogP contribution in [0.15, 0.2) is 30.3 Å². The van der Waals surface area contributed by atoms with E-state index >= 15 is 0 Å². The van der Waals surface area contributed by atoms with Crippen molar-refractivity contribution in [3.8, 4) is 0 Å². The van der Waals surface area contributed by atoms with E-state index in [1.807, 2.05) is 37.3 Å². The molecule has 1 fully saturated rings. The molecular formula is C11H10Cl2O. The van der Waals surface area contributed by atoms with Crippen LogP contribution < -0.4 is 0 Å². The SMILES string of the molecule is CC1C(=O)C(Cl)(Cl)C1c1ccccc1. The second-order valence-corrected chi connectivity index (χ2v) is 5.05. The predicted octanol–water partition coefficient (Wildman–Crippen LogP) is 3.16. The Morgan fingerprint density at radius 3 is 2.29 bits per heavy atom. The van der Waals surface area contributed by atoms with Gasteiger partial charge < -0.3 is 0 Å². The van der Waals surface area contributed by atoms with Gasteiger partial charge in [0.1, 0.15) is 0 Å². The van der Waals surface area contributed by atoms with Crippen LogP contribution in [0, 0.1) is 5.92 Å². The van der Waals surface area contributed by atoms with Gasteiger partial charge in [-0.3, -0.25) is 4.79 Å². The van der Waals surface area contributed by atoms with Gasteiger partial charge >= 0.3 is 0 Å². The van der Waals surface area contributed by atoms with Gasteiger partial charge in [-0.2, -0.15) is 0 Å². The first-order valence-corrected chi connectivity index (χ1v) is 5.28. The molecule has 74 valence electrons. The van der Waals surface area contributed by atoms with Crippen LogP contribution >= 0.6 is 23.2 Å². The number of halogens is 2. The van der Waals surface area contributed by atoms with Crippen LogP contribution in [-0.4, -0.2) is 10.1 Å². The second kappa shape index (κ2) is 3.25. The monoisotopic (exact) mass is 228 g/mol. The molecule has 14 heavy (non-hydrogen) atoms. The largest absolute Gasteiger partial charge is 0.296 e. The molecule has 2 atom stereocenters. The maximum absolute atomic E-state index is 11.4. The highest BCUT2D eigenvalue weighted by molar-refractivity contribution is 6.61. The van der Waals surface area contributed by atoms with E-state index in [-0.39, 0.29) is 17.6 Å². The maximum atomic E-state index is 11.4. The lowest BCUT2D eigenvalue weighted by atomic mass is 9.69. The van der Waals surface area contributed by atoms with Crippen LogP contribution in [-0.2, 0) is 4.79 Å². The Balaban J connectivity index is 2.34. The van der Waals surface area contributed by atoms with E-state index in [9.17, 15) is 4.79 Å². The second-order valence-electron chi connectivity index (χ2n) is 3.66. The Morgan fingerprint density at radius 1 is 1.21 bits per heavy atom. The number of benzene rings is 1. The van der Waals surface area contributed by atoms with Crippen LogP contribution in [0.4, 0.5) is 0 Å². The van der Waals surface area contributed by atoms with Crippen molar-refractivity contribution in [2.75, 3.05) is 0 Å². The van der Waals surface area contributed by atoms with Crippen LogP contribution in [0.5, 0.6) is 0 Å². The van der Waals surface area contributed by atoms with Crippen LogP contribution in [0.2, 0.25) is 0 Å². The van der Waals surface area contributed by atoms with Gasteiger partial charge in [0, 0.05) is 11.8 Å². The van der Waals surface area contributed by atoms with Gasteiger partial charge in [0.05, 0.1) is 0 Å². The first kappa shape index (κ1) is 10.0. The normalized spacial score (nSPS) is 29.8. The minimum Gasteiger partial charge on any atom is -0.296 e. The molecule has 1 aliphatic carbocycles. The molecule has 0 aliphatic heterocycles. The summed E-state index contributed by atoms with van der Waals surface area (Å²) in [5, 5.41) is 0. The predicted molar refractivity (Wildman–Crippen MR) is 57.8 cm³/mol. The summed E-state index contributed by atoms with van der Waals surface area (Å²) in [6.07, 6.45) is 0. The molecule has 0 saturated heterocycles. The third-order valence-corrected chi connectivity index (χ3v) is 3.63. The lowest BCUT2D eigenvalue weighted by molar-refractivity contribution is -0.131. The number of hydrogen-bond donors (Lipinski definition) is 0. The Morgan fingerprint density at radius 2 is 1.79 bits per heavy atom. The smallest absolute Gasteiger partial charge is 0.183 e. The van der Waals surface area contributed by atoms with Crippen LogP contribution in [0.3, 0.4) is 0 Å². The summed E-state index contributed by atoms with van der Waals surface area (Å²) in [4.78, 5) is 11.4. The van der Waals surface area contributed by atoms with Crippen molar-refractivity contribution < 1.29 is 4.79 Å². The van der Waals surface area contributed by atoms with Crippen molar-refractivity contribution >= 4 is 29.0 Å². The zero-order valence-electron chi connectivity index (χ0n) is 7.71. The summed E-state index contributed by atoms with van der Waals surface area (Å²) in [6, 6.07) is 9.68. The molecule has 0 amide bonds. The summed E-state index contributed by atoms with van der Waals surface area (Å²) in [7, 11) is 0. The minimum absolute atomic E-state index is 0.0699. The van der Waals surface area contributed by atoms with Crippen molar-refractivity contribution in [2.24, 2.45) is 5.92 Å². The Labute approximate surface area is 93.0 Å². The fourth-order valence-electron chi connectivity index (χ4n) is 1.98. The number of ketones is 1. The molecule has 1 aromatic carbocycles. The number of hydrogen-bond acceptors (Lipinski definition) is 1. The van der Waals surface area contributed by atoms with Gasteiger partial charge in [0.25, 0.3) is 0 Å². The summed E-state index contributed by atoms with van der Waals surface area (Å²) < 4.78 is -1.22. The summed E-state index contributed by atoms with van der Waals surface area (Å²) in [6.45, 7) is 1.86. The van der Waals surface area contributed by atoms with Gasteiger partial charge in [-0.1, -0.05) is 60.5 Å². The Hall–Kier alpha value is -0.530. The van der Waals surface area contributed by atoms with Gasteiger partial charge in [-0.15, -0.1) is 0 Å². The number of Topliss-reactive ketones (excluding diaryl/α,β-unsaturated/α-hetero) is 1. The molecule has 0 radical (unpaired) electrons. The van der Waals surface area contributed by atoms with Crippen LogP contribution in [0.25, 0.3) is 0 Å². The fourth-order valence-corrected chi connectivity index (χ4v) is 2.96. The van der Waals surface area contributed by atoms with E-state index in [0.29, 0.717) is 0 Å². The number of carbonyl (C=O) groups is 1. The lowest BCUT2D eigenvalue weighted by Gasteiger charge is -2.44. The topological polar surface area (TPSA) is 17.1 Å². The van der Waals surface area contributed by atoms with E-state index < -0.39 is 4.33 Å². The Kier molecular flexibility index (Phi) is 2.32. The molecule has 0 heterocycles. The summed E-state index contributed by atoms with van der Waals surface area (Å²) >= 11 is 11.9. The molecule has 0 aromatic heterocycles. The summed E-state index contributed by atoms with van der Waals surface area (Å²) in [5.74, 6) is -0.221. The number of rotatable bonds is 1. The quantitative estimate of drug-likeness (QED) is 0.676. The molecule has 1 nitrogen and oxygen atoms in total. The van der Waals surface area contributed by atoms with E-state index in [2.05, 4.69) is 0 Å². The molecule has 0 N–H and O–H groups in total. The summed E-state index contributed by atoms with van der Waals surface area (Å²) in [5.41, 5.74) is 1.03. The van der Waals surface area contributed by atoms with Crippen molar-refractivity contribution in [2.45, 2.75) is 17.2 Å². The molecule has 3 heteroatoms. The first-order chi connectivity index (χ1) is 6.55. The van der Waals surface area contributed by atoms with Crippen molar-refractivity contribution in [3.63, 3.8) is 0 Å². The molecule has 1 aromatic rings. The molecule has 2 rings (SSSR count). The van der Waals surface area contributed by atoms with E-state index in [0.717, 1.165) is 5.56 Å². The molecular weight excluding hydrogens is 219 g/mol. The van der Waals surface area contributed by atoms with Gasteiger partial charge in [0.2, 0.25) is 0 Å². The minimum atomic E-state index is -1.22. The van der Waals surface area contributed by atoms with Crippen LogP contribution in [0.1, 0.15) is 18.4 Å². The third-order valence-electron chi connectivity index (χ3n) is 2.79.